The summed E-state index contributed by atoms with van der Waals surface area (Å²) < 4.78 is 68.9. The van der Waals surface area contributed by atoms with E-state index in [2.05, 4.69) is 15.3 Å². The molecule has 0 spiro atoms. The van der Waals surface area contributed by atoms with Crippen LogP contribution >= 0.6 is 11.6 Å². The Balaban J connectivity index is 1.44. The zero-order valence-electron chi connectivity index (χ0n) is 22.3. The number of carbonyl (C=O) groups excluding carboxylic acids is 1. The van der Waals surface area contributed by atoms with E-state index in [0.717, 1.165) is 10.2 Å². The van der Waals surface area contributed by atoms with Crippen LogP contribution in [-0.4, -0.2) is 71.9 Å². The van der Waals surface area contributed by atoms with Gasteiger partial charge in [0.25, 0.3) is 10.1 Å². The van der Waals surface area contributed by atoms with Crippen LogP contribution in [0.4, 0.5) is 5.82 Å². The molecule has 2 N–H and O–H groups in total. The first-order valence-corrected chi connectivity index (χ1v) is 16.7. The molecular weight excluding hydrogens is 608 g/mol. The molecule has 1 aliphatic rings. The topological polar surface area (TPSA) is 167 Å². The van der Waals surface area contributed by atoms with Gasteiger partial charge < -0.3 is 14.8 Å². The molecule has 42 heavy (non-hydrogen) atoms. The van der Waals surface area contributed by atoms with Crippen molar-refractivity contribution < 1.29 is 35.7 Å². The maximum atomic E-state index is 13.8. The van der Waals surface area contributed by atoms with Crippen LogP contribution in [0.3, 0.4) is 0 Å². The van der Waals surface area contributed by atoms with Crippen LogP contribution in [0.15, 0.2) is 61.1 Å². The largest absolute Gasteiger partial charge is 0.457 e. The van der Waals surface area contributed by atoms with Gasteiger partial charge in [-0.25, -0.2) is 22.4 Å². The Morgan fingerprint density at radius 2 is 1.86 bits per heavy atom. The van der Waals surface area contributed by atoms with E-state index in [0.29, 0.717) is 24.3 Å². The van der Waals surface area contributed by atoms with Crippen molar-refractivity contribution in [1.82, 2.24) is 13.9 Å². The van der Waals surface area contributed by atoms with Crippen LogP contribution in [0.5, 0.6) is 11.5 Å². The van der Waals surface area contributed by atoms with Gasteiger partial charge in [-0.2, -0.15) is 8.42 Å². The van der Waals surface area contributed by atoms with Gasteiger partial charge in [-0.15, -0.1) is 0 Å². The quantitative estimate of drug-likeness (QED) is 0.190. The van der Waals surface area contributed by atoms with Gasteiger partial charge in [-0.3, -0.25) is 9.35 Å². The van der Waals surface area contributed by atoms with Gasteiger partial charge in [0.2, 0.25) is 10.0 Å². The summed E-state index contributed by atoms with van der Waals surface area (Å²) in [5, 5.41) is 3.53. The fourth-order valence-corrected chi connectivity index (χ4v) is 6.27. The van der Waals surface area contributed by atoms with Gasteiger partial charge in [0, 0.05) is 17.8 Å². The predicted molar refractivity (Wildman–Crippen MR) is 157 cm³/mol. The average molecular weight is 635 g/mol. The Bertz CT molecular complexity index is 1840. The molecule has 0 unspecified atom stereocenters. The van der Waals surface area contributed by atoms with Crippen LogP contribution in [0.2, 0.25) is 5.02 Å². The van der Waals surface area contributed by atoms with Crippen LogP contribution in [-0.2, 0) is 24.9 Å². The summed E-state index contributed by atoms with van der Waals surface area (Å²) in [6.07, 6.45) is 4.32. The number of halogens is 1. The summed E-state index contributed by atoms with van der Waals surface area (Å²) in [4.78, 5) is 22.3. The number of carbonyl (C=O) groups is 1. The number of hydrogen-bond acceptors (Lipinski definition) is 10. The third-order valence-electron chi connectivity index (χ3n) is 6.73. The van der Waals surface area contributed by atoms with Crippen LogP contribution < -0.4 is 10.1 Å². The van der Waals surface area contributed by atoms with Crippen molar-refractivity contribution in [3.05, 3.63) is 77.2 Å². The van der Waals surface area contributed by atoms with E-state index in [9.17, 15) is 21.6 Å². The lowest BCUT2D eigenvalue weighted by atomic mass is 10.0. The summed E-state index contributed by atoms with van der Waals surface area (Å²) in [5.41, 5.74) is 0.170. The minimum absolute atomic E-state index is 0.0151. The van der Waals surface area contributed by atoms with Crippen molar-refractivity contribution in [2.45, 2.75) is 31.4 Å². The molecular formula is C27H27ClN4O8S2. The molecule has 0 bridgehead atoms. The number of ether oxygens (including phenoxy) is 2. The van der Waals surface area contributed by atoms with E-state index in [1.54, 1.807) is 18.2 Å². The Morgan fingerprint density at radius 3 is 2.50 bits per heavy atom. The summed E-state index contributed by atoms with van der Waals surface area (Å²) >= 11 is 6.51. The Kier molecular flexibility index (Phi) is 8.53. The van der Waals surface area contributed by atoms with Crippen molar-refractivity contribution in [1.29, 1.82) is 0 Å². The number of fused-ring (bicyclic) bond motifs is 1. The molecule has 2 atom stereocenters. The number of benzene rings is 2. The number of anilines is 1. The van der Waals surface area contributed by atoms with E-state index < -0.39 is 31.7 Å². The number of rotatable bonds is 10. The highest BCUT2D eigenvalue weighted by molar-refractivity contribution is 7.89. The number of para-hydroxylation sites is 1. The second-order valence-electron chi connectivity index (χ2n) is 9.86. The monoisotopic (exact) mass is 634 g/mol. The van der Waals surface area contributed by atoms with Gasteiger partial charge in [0.1, 0.15) is 23.6 Å². The van der Waals surface area contributed by atoms with E-state index in [1.807, 2.05) is 18.2 Å². The Morgan fingerprint density at radius 1 is 1.10 bits per heavy atom. The Labute approximate surface area is 247 Å². The smallest absolute Gasteiger partial charge is 0.264 e. The third-order valence-corrected chi connectivity index (χ3v) is 8.78. The summed E-state index contributed by atoms with van der Waals surface area (Å²) in [6, 6.07) is 13.4. The van der Waals surface area contributed by atoms with E-state index in [4.69, 9.17) is 25.6 Å². The number of nitrogens with zero attached hydrogens (tertiary/aromatic N) is 3. The summed E-state index contributed by atoms with van der Waals surface area (Å²) in [6.45, 7) is 0.201. The molecule has 0 amide bonds. The Hall–Kier alpha value is -3.56. The molecule has 5 rings (SSSR count). The highest BCUT2D eigenvalue weighted by Gasteiger charge is 2.28. The first-order chi connectivity index (χ1) is 19.9. The standard InChI is InChI=1S/C27H27ClN4O8S2/c1-41(34,35)32-14-22(25(33)21-10-9-20(13-23(21)28)40-19-5-3-2-4-6-19)24-26(29-16-30-27(24)32)31-17-7-8-18(39-15-17)11-12-42(36,37)38/h2-6,9-10,13-14,16-18H,7-8,11-12,15H2,1H3,(H,29,30,31)(H,36,37,38)/t17-,18+/m1/s1. The summed E-state index contributed by atoms with van der Waals surface area (Å²) in [7, 11) is -7.94. The minimum atomic E-state index is -4.09. The lowest BCUT2D eigenvalue weighted by Gasteiger charge is -2.30. The maximum Gasteiger partial charge on any atom is 0.264 e. The molecule has 0 radical (unpaired) electrons. The molecule has 4 aromatic rings. The predicted octanol–water partition coefficient (Wildman–Crippen LogP) is 4.15. The van der Waals surface area contributed by atoms with Gasteiger partial charge in [0.15, 0.2) is 11.4 Å². The van der Waals surface area contributed by atoms with Gasteiger partial charge in [0.05, 0.1) is 46.7 Å². The maximum absolute atomic E-state index is 13.8. The minimum Gasteiger partial charge on any atom is -0.457 e. The lowest BCUT2D eigenvalue weighted by Crippen LogP contribution is -2.35. The third kappa shape index (κ3) is 6.90. The van der Waals surface area contributed by atoms with Crippen LogP contribution in [0, 0.1) is 0 Å². The fourth-order valence-electron chi connectivity index (χ4n) is 4.70. The molecule has 12 nitrogen and oxygen atoms in total. The van der Waals surface area contributed by atoms with Crippen molar-refractivity contribution in [3.63, 3.8) is 0 Å². The van der Waals surface area contributed by atoms with Crippen LogP contribution in [0.25, 0.3) is 11.0 Å². The lowest BCUT2D eigenvalue weighted by molar-refractivity contribution is 0.00789. The number of ketones is 1. The molecule has 3 heterocycles. The zero-order valence-corrected chi connectivity index (χ0v) is 24.7. The molecule has 0 aliphatic carbocycles. The number of hydrogen-bond donors (Lipinski definition) is 2. The highest BCUT2D eigenvalue weighted by Crippen LogP contribution is 2.33. The van der Waals surface area contributed by atoms with Gasteiger partial charge >= 0.3 is 0 Å². The van der Waals surface area contributed by atoms with E-state index >= 15 is 0 Å². The van der Waals surface area contributed by atoms with Gasteiger partial charge in [-0.1, -0.05) is 29.8 Å². The second kappa shape index (κ2) is 12.0. The molecule has 1 aliphatic heterocycles. The molecule has 2 aromatic carbocycles. The second-order valence-corrected chi connectivity index (χ2v) is 13.7. The zero-order chi connectivity index (χ0) is 30.1. The van der Waals surface area contributed by atoms with E-state index in [1.165, 1.54) is 24.7 Å². The van der Waals surface area contributed by atoms with E-state index in [-0.39, 0.29) is 58.2 Å². The molecule has 0 saturated carbocycles. The van der Waals surface area contributed by atoms with Gasteiger partial charge in [-0.05, 0) is 43.5 Å². The van der Waals surface area contributed by atoms with Crippen molar-refractivity contribution in [2.75, 3.05) is 23.9 Å². The van der Waals surface area contributed by atoms with Crippen LogP contribution in [0.1, 0.15) is 35.2 Å². The van der Waals surface area contributed by atoms with Crippen molar-refractivity contribution >= 4 is 54.4 Å². The fraction of sp³-hybridized carbons (Fsp3) is 0.296. The normalized spacial score (nSPS) is 17.7. The summed E-state index contributed by atoms with van der Waals surface area (Å²) in [5.74, 6) is 0.305. The molecule has 1 saturated heterocycles. The number of nitrogens with one attached hydrogen (secondary N) is 1. The van der Waals surface area contributed by atoms with Crippen molar-refractivity contribution in [2.24, 2.45) is 0 Å². The first kappa shape index (κ1) is 29.9. The SMILES string of the molecule is CS(=O)(=O)n1cc(C(=O)c2ccc(Oc3ccccc3)cc2Cl)c2c(N[C@@H]3CC[C@@H](CCS(=O)(=O)O)OC3)ncnc21. The molecule has 1 fully saturated rings. The first-order valence-electron chi connectivity index (χ1n) is 12.9. The van der Waals surface area contributed by atoms with Crippen molar-refractivity contribution in [3.8, 4) is 11.5 Å². The molecule has 222 valence electrons. The average Bonchev–Trinajstić information content (AvgIpc) is 3.34. The number of aromatic nitrogens is 3. The molecule has 15 heteroatoms. The highest BCUT2D eigenvalue weighted by atomic mass is 35.5. The molecule has 2 aromatic heterocycles.